The van der Waals surface area contributed by atoms with Crippen LogP contribution in [0.1, 0.15) is 41.7 Å². The molecule has 0 fully saturated rings. The third-order valence-electron chi connectivity index (χ3n) is 5.07. The second-order valence-electron chi connectivity index (χ2n) is 7.73. The van der Waals surface area contributed by atoms with Gasteiger partial charge in [-0.05, 0) is 43.7 Å². The normalized spacial score (nSPS) is 11.7. The van der Waals surface area contributed by atoms with Crippen LogP contribution in [0.4, 0.5) is 11.6 Å². The maximum Gasteiger partial charge on any atom is 0.303 e. The van der Waals surface area contributed by atoms with Gasteiger partial charge in [0.15, 0.2) is 16.9 Å². The number of H-pyrrole nitrogens is 1. The molecule has 13 nitrogen and oxygen atoms in total. The first-order valence-electron chi connectivity index (χ1n) is 10.9. The number of nitrogen functional groups attached to an aromatic ring is 1. The van der Waals surface area contributed by atoms with Crippen molar-refractivity contribution in [1.82, 2.24) is 25.3 Å². The number of nitrogens with zero attached hydrogens (tertiary/aromatic N) is 3. The fourth-order valence-corrected chi connectivity index (χ4v) is 3.26. The van der Waals surface area contributed by atoms with Gasteiger partial charge in [-0.15, -0.1) is 0 Å². The average molecular weight is 483 g/mol. The number of carboxylic acid groups (broad SMARTS) is 1. The molecule has 0 spiro atoms. The SMILES string of the molecule is NCCCC(=O)C(CCC(=O)O)NC(=O)c1ccc(NCc2cnc3nc(N)[nH]c(=O)c3n2)cc1. The van der Waals surface area contributed by atoms with Gasteiger partial charge >= 0.3 is 5.97 Å². The molecule has 0 saturated carbocycles. The third kappa shape index (κ3) is 7.04. The molecule has 13 heteroatoms. The van der Waals surface area contributed by atoms with Crippen molar-refractivity contribution in [3.05, 3.63) is 52.1 Å². The maximum atomic E-state index is 12.6. The predicted molar refractivity (Wildman–Crippen MR) is 128 cm³/mol. The van der Waals surface area contributed by atoms with E-state index in [0.717, 1.165) is 0 Å². The smallest absolute Gasteiger partial charge is 0.303 e. The van der Waals surface area contributed by atoms with Gasteiger partial charge in [-0.25, -0.2) is 9.97 Å². The van der Waals surface area contributed by atoms with Crippen LogP contribution in [0, 0.1) is 0 Å². The number of carbonyl (C=O) groups is 3. The van der Waals surface area contributed by atoms with Crippen LogP contribution in [0.15, 0.2) is 35.3 Å². The zero-order chi connectivity index (χ0) is 25.4. The number of carboxylic acids is 1. The Kier molecular flexibility index (Phi) is 8.40. The van der Waals surface area contributed by atoms with Crippen molar-refractivity contribution >= 4 is 40.5 Å². The summed E-state index contributed by atoms with van der Waals surface area (Å²) < 4.78 is 0. The summed E-state index contributed by atoms with van der Waals surface area (Å²) in [5.41, 5.74) is 12.1. The summed E-state index contributed by atoms with van der Waals surface area (Å²) in [6.07, 6.45) is 1.86. The highest BCUT2D eigenvalue weighted by atomic mass is 16.4. The summed E-state index contributed by atoms with van der Waals surface area (Å²) in [5.74, 6) is -1.83. The first-order chi connectivity index (χ1) is 16.8. The lowest BCUT2D eigenvalue weighted by Crippen LogP contribution is -2.41. The highest BCUT2D eigenvalue weighted by Crippen LogP contribution is 2.13. The lowest BCUT2D eigenvalue weighted by Gasteiger charge is -2.17. The molecule has 2 heterocycles. The minimum Gasteiger partial charge on any atom is -0.481 e. The van der Waals surface area contributed by atoms with Gasteiger partial charge in [0.25, 0.3) is 11.5 Å². The summed E-state index contributed by atoms with van der Waals surface area (Å²) in [7, 11) is 0. The van der Waals surface area contributed by atoms with Crippen LogP contribution in [0.25, 0.3) is 11.2 Å². The van der Waals surface area contributed by atoms with Gasteiger partial charge in [-0.2, -0.15) is 4.98 Å². The molecular formula is C22H26N8O5. The van der Waals surface area contributed by atoms with Gasteiger partial charge in [-0.1, -0.05) is 0 Å². The number of nitrogens with two attached hydrogens (primary N) is 2. The molecule has 184 valence electrons. The van der Waals surface area contributed by atoms with E-state index >= 15 is 0 Å². The number of anilines is 2. The van der Waals surface area contributed by atoms with E-state index in [0.29, 0.717) is 29.9 Å². The molecule has 0 aliphatic heterocycles. The summed E-state index contributed by atoms with van der Waals surface area (Å²) in [4.78, 5) is 62.5. The van der Waals surface area contributed by atoms with Crippen LogP contribution in [0.3, 0.4) is 0 Å². The first kappa shape index (κ1) is 25.2. The van der Waals surface area contributed by atoms with Crippen LogP contribution < -0.4 is 27.7 Å². The molecular weight excluding hydrogens is 456 g/mol. The fourth-order valence-electron chi connectivity index (χ4n) is 3.26. The van der Waals surface area contributed by atoms with E-state index < -0.39 is 23.5 Å². The standard InChI is InChI=1S/C22H26N8O5/c23-9-1-2-16(31)15(7-8-17(32)33)28-20(34)12-3-5-13(6-4-12)25-10-14-11-26-19-18(27-14)21(35)30-22(24)29-19/h3-6,11,15,25H,1-2,7-10,23H2,(H,28,34)(H,32,33)(H3,24,26,29,30,35). The lowest BCUT2D eigenvalue weighted by molar-refractivity contribution is -0.137. The van der Waals surface area contributed by atoms with Crippen LogP contribution in [0.5, 0.6) is 0 Å². The summed E-state index contributed by atoms with van der Waals surface area (Å²) in [6.45, 7) is 0.581. The van der Waals surface area contributed by atoms with Crippen LogP contribution in [-0.2, 0) is 16.1 Å². The number of hydrogen-bond acceptors (Lipinski definition) is 10. The first-order valence-corrected chi connectivity index (χ1v) is 10.9. The number of nitrogens with one attached hydrogen (secondary N) is 3. The number of aromatic amines is 1. The molecule has 2 aromatic heterocycles. The number of fused-ring (bicyclic) bond motifs is 1. The number of carbonyl (C=O) groups excluding carboxylic acids is 2. The number of aromatic nitrogens is 4. The monoisotopic (exact) mass is 482 g/mol. The Morgan fingerprint density at radius 3 is 2.54 bits per heavy atom. The number of hydrogen-bond donors (Lipinski definition) is 6. The highest BCUT2D eigenvalue weighted by molar-refractivity contribution is 5.98. The molecule has 3 aromatic rings. The molecule has 0 saturated heterocycles. The topological polar surface area (TPSA) is 219 Å². The van der Waals surface area contributed by atoms with Crippen LogP contribution >= 0.6 is 0 Å². The van der Waals surface area contributed by atoms with Crippen LogP contribution in [0.2, 0.25) is 0 Å². The predicted octanol–water partition coefficient (Wildman–Crippen LogP) is 0.179. The molecule has 1 amide bonds. The van der Waals surface area contributed by atoms with Gasteiger partial charge < -0.3 is 27.2 Å². The van der Waals surface area contributed by atoms with Crippen molar-refractivity contribution in [2.75, 3.05) is 17.6 Å². The van der Waals surface area contributed by atoms with Crippen molar-refractivity contribution in [3.63, 3.8) is 0 Å². The Morgan fingerprint density at radius 1 is 1.11 bits per heavy atom. The summed E-state index contributed by atoms with van der Waals surface area (Å²) >= 11 is 0. The Morgan fingerprint density at radius 2 is 1.86 bits per heavy atom. The van der Waals surface area contributed by atoms with Crippen molar-refractivity contribution in [2.45, 2.75) is 38.3 Å². The lowest BCUT2D eigenvalue weighted by atomic mass is 10.0. The number of aliphatic carboxylic acids is 1. The minimum atomic E-state index is -1.05. The highest BCUT2D eigenvalue weighted by Gasteiger charge is 2.22. The zero-order valence-electron chi connectivity index (χ0n) is 18.8. The minimum absolute atomic E-state index is 0.00184. The van der Waals surface area contributed by atoms with Gasteiger partial charge in [0.05, 0.1) is 24.5 Å². The van der Waals surface area contributed by atoms with Crippen LogP contribution in [-0.4, -0.2) is 55.3 Å². The number of rotatable bonds is 12. The zero-order valence-corrected chi connectivity index (χ0v) is 18.8. The Balaban J connectivity index is 1.62. The summed E-state index contributed by atoms with van der Waals surface area (Å²) in [5, 5.41) is 14.7. The number of ketones is 1. The molecule has 8 N–H and O–H groups in total. The maximum absolute atomic E-state index is 12.6. The van der Waals surface area contributed by atoms with Gasteiger partial charge in [0.2, 0.25) is 5.95 Å². The second-order valence-corrected chi connectivity index (χ2v) is 7.73. The quantitative estimate of drug-likeness (QED) is 0.204. The molecule has 1 unspecified atom stereocenters. The molecule has 3 rings (SSSR count). The molecule has 0 bridgehead atoms. The van der Waals surface area contributed by atoms with Crippen molar-refractivity contribution in [2.24, 2.45) is 5.73 Å². The molecule has 1 atom stereocenters. The Labute approximate surface area is 199 Å². The van der Waals surface area contributed by atoms with Crippen molar-refractivity contribution in [3.8, 4) is 0 Å². The second kappa shape index (κ2) is 11.7. The van der Waals surface area contributed by atoms with Gasteiger partial charge in [0, 0.05) is 24.1 Å². The van der Waals surface area contributed by atoms with Crippen molar-refractivity contribution in [1.29, 1.82) is 0 Å². The Hall–Kier alpha value is -4.39. The van der Waals surface area contributed by atoms with E-state index in [4.69, 9.17) is 16.6 Å². The molecule has 35 heavy (non-hydrogen) atoms. The number of benzene rings is 1. The fraction of sp³-hybridized carbons (Fsp3) is 0.318. The molecule has 0 aliphatic carbocycles. The average Bonchev–Trinajstić information content (AvgIpc) is 2.83. The molecule has 0 radical (unpaired) electrons. The number of amides is 1. The van der Waals surface area contributed by atoms with E-state index in [1.165, 1.54) is 6.20 Å². The van der Waals surface area contributed by atoms with Gasteiger partial charge in [-0.3, -0.25) is 24.2 Å². The van der Waals surface area contributed by atoms with Crippen molar-refractivity contribution < 1.29 is 19.5 Å². The van der Waals surface area contributed by atoms with E-state index in [2.05, 4.69) is 30.6 Å². The molecule has 1 aromatic carbocycles. The largest absolute Gasteiger partial charge is 0.481 e. The number of Topliss-reactive ketones (excluding diaryl/α,β-unsaturated/α-hetero) is 1. The van der Waals surface area contributed by atoms with E-state index in [1.54, 1.807) is 24.3 Å². The third-order valence-corrected chi connectivity index (χ3v) is 5.07. The van der Waals surface area contributed by atoms with E-state index in [9.17, 15) is 19.2 Å². The van der Waals surface area contributed by atoms with E-state index in [1.807, 2.05) is 0 Å². The Bertz CT molecular complexity index is 1280. The summed E-state index contributed by atoms with van der Waals surface area (Å²) in [6, 6.07) is 5.57. The molecule has 0 aliphatic rings. The van der Waals surface area contributed by atoms with Gasteiger partial charge in [0.1, 0.15) is 0 Å². The van der Waals surface area contributed by atoms with E-state index in [-0.39, 0.29) is 48.7 Å².